The van der Waals surface area contributed by atoms with E-state index >= 15 is 0 Å². The van der Waals surface area contributed by atoms with Crippen LogP contribution in [-0.2, 0) is 24.0 Å². The first-order chi connectivity index (χ1) is 14.1. The fourth-order valence-electron chi connectivity index (χ4n) is 2.14. The van der Waals surface area contributed by atoms with Crippen LogP contribution in [-0.4, -0.2) is 94.3 Å². The van der Waals surface area contributed by atoms with Crippen molar-refractivity contribution in [3.63, 3.8) is 0 Å². The number of carbonyl (C=O) groups is 5. The largest absolute Gasteiger partial charge is 0.480 e. The van der Waals surface area contributed by atoms with Gasteiger partial charge in [0.2, 0.25) is 23.6 Å². The minimum atomic E-state index is -1.55. The number of aliphatic hydroxyl groups excluding tert-OH is 2. The van der Waals surface area contributed by atoms with Crippen molar-refractivity contribution in [2.45, 2.75) is 43.4 Å². The Bertz CT molecular complexity index is 620. The van der Waals surface area contributed by atoms with E-state index in [0.29, 0.717) is 5.75 Å². The number of thioether (sulfide) groups is 1. The summed E-state index contributed by atoms with van der Waals surface area (Å²) in [4.78, 5) is 58.5. The first-order valence-corrected chi connectivity index (χ1v) is 10.3. The maximum Gasteiger partial charge on any atom is 0.328 e. The van der Waals surface area contributed by atoms with Gasteiger partial charge in [-0.25, -0.2) is 4.79 Å². The average Bonchev–Trinajstić information content (AvgIpc) is 2.70. The van der Waals surface area contributed by atoms with Crippen molar-refractivity contribution in [2.24, 2.45) is 11.5 Å². The summed E-state index contributed by atoms with van der Waals surface area (Å²) in [5.74, 6) is -4.22. The molecule has 4 unspecified atom stereocenters. The molecule has 4 atom stereocenters. The highest BCUT2D eigenvalue weighted by Crippen LogP contribution is 2.03. The third-order valence-corrected chi connectivity index (χ3v) is 4.54. The zero-order chi connectivity index (χ0) is 23.3. The van der Waals surface area contributed by atoms with Crippen molar-refractivity contribution in [1.29, 1.82) is 0 Å². The van der Waals surface area contributed by atoms with Gasteiger partial charge in [-0.2, -0.15) is 11.8 Å². The third-order valence-electron chi connectivity index (χ3n) is 3.89. The summed E-state index contributed by atoms with van der Waals surface area (Å²) in [5, 5.41) is 34.0. The maximum atomic E-state index is 12.4. The van der Waals surface area contributed by atoms with Gasteiger partial charge in [-0.15, -0.1) is 0 Å². The highest BCUT2D eigenvalue weighted by atomic mass is 32.2. The van der Waals surface area contributed by atoms with Crippen molar-refractivity contribution in [2.75, 3.05) is 25.2 Å². The maximum absolute atomic E-state index is 12.4. The molecule has 172 valence electrons. The number of primary amides is 1. The molecule has 0 aromatic heterocycles. The van der Waals surface area contributed by atoms with Crippen LogP contribution < -0.4 is 27.4 Å². The molecular formula is C16H29N5O8S. The second-order valence-electron chi connectivity index (χ2n) is 6.28. The normalized spacial score (nSPS) is 14.7. The van der Waals surface area contributed by atoms with E-state index in [1.165, 1.54) is 11.8 Å². The lowest BCUT2D eigenvalue weighted by Gasteiger charge is -2.24. The molecule has 0 rings (SSSR count). The third kappa shape index (κ3) is 10.4. The van der Waals surface area contributed by atoms with Crippen molar-refractivity contribution in [3.8, 4) is 0 Å². The molecule has 0 aliphatic carbocycles. The number of nitrogens with two attached hydrogens (primary N) is 2. The highest BCUT2D eigenvalue weighted by Gasteiger charge is 2.29. The zero-order valence-electron chi connectivity index (χ0n) is 16.5. The van der Waals surface area contributed by atoms with Gasteiger partial charge in [0, 0.05) is 6.42 Å². The van der Waals surface area contributed by atoms with Crippen LogP contribution in [0.1, 0.15) is 19.3 Å². The van der Waals surface area contributed by atoms with Crippen LogP contribution in [0.4, 0.5) is 0 Å². The van der Waals surface area contributed by atoms with Crippen LogP contribution in [0.15, 0.2) is 0 Å². The molecule has 0 aromatic carbocycles. The molecule has 13 nitrogen and oxygen atoms in total. The Balaban J connectivity index is 5.07. The number of aliphatic hydroxyl groups is 2. The van der Waals surface area contributed by atoms with E-state index in [9.17, 15) is 29.1 Å². The van der Waals surface area contributed by atoms with Crippen LogP contribution in [0, 0.1) is 0 Å². The van der Waals surface area contributed by atoms with Gasteiger partial charge in [0.05, 0.1) is 19.3 Å². The Morgan fingerprint density at radius 2 is 1.37 bits per heavy atom. The monoisotopic (exact) mass is 451 g/mol. The Hall–Kier alpha value is -2.42. The number of hydrogen-bond acceptors (Lipinski definition) is 9. The topological polar surface area (TPSA) is 234 Å². The fraction of sp³-hybridized carbons (Fsp3) is 0.688. The molecule has 0 aromatic rings. The Labute approximate surface area is 177 Å². The minimum absolute atomic E-state index is 0.0581. The first-order valence-electron chi connectivity index (χ1n) is 8.95. The Morgan fingerprint density at radius 1 is 0.867 bits per heavy atom. The van der Waals surface area contributed by atoms with Crippen LogP contribution in [0.2, 0.25) is 0 Å². The van der Waals surface area contributed by atoms with Crippen LogP contribution in [0.5, 0.6) is 0 Å². The molecule has 0 spiro atoms. The van der Waals surface area contributed by atoms with Crippen LogP contribution in [0.25, 0.3) is 0 Å². The Morgan fingerprint density at radius 3 is 1.83 bits per heavy atom. The lowest BCUT2D eigenvalue weighted by atomic mass is 10.1. The minimum Gasteiger partial charge on any atom is -0.480 e. The molecule has 30 heavy (non-hydrogen) atoms. The highest BCUT2D eigenvalue weighted by molar-refractivity contribution is 7.98. The van der Waals surface area contributed by atoms with E-state index in [4.69, 9.17) is 21.7 Å². The summed E-state index contributed by atoms with van der Waals surface area (Å²) >= 11 is 1.37. The van der Waals surface area contributed by atoms with Crippen molar-refractivity contribution in [3.05, 3.63) is 0 Å². The SMILES string of the molecule is CSCCC(NC(=O)C(CO)NC(=O)C(N)CCC(N)=O)C(=O)NC(CO)C(=O)O. The number of carbonyl (C=O) groups excluding carboxylic acids is 4. The van der Waals surface area contributed by atoms with Gasteiger partial charge in [-0.3, -0.25) is 19.2 Å². The molecule has 0 heterocycles. The van der Waals surface area contributed by atoms with Crippen molar-refractivity contribution in [1.82, 2.24) is 16.0 Å². The van der Waals surface area contributed by atoms with E-state index < -0.39 is 67.0 Å². The number of carboxylic acid groups (broad SMARTS) is 1. The number of nitrogens with one attached hydrogen (secondary N) is 3. The molecule has 10 N–H and O–H groups in total. The van der Waals surface area contributed by atoms with E-state index in [0.717, 1.165) is 0 Å². The average molecular weight is 452 g/mol. The summed E-state index contributed by atoms with van der Waals surface area (Å²) in [7, 11) is 0. The molecule has 0 fully saturated rings. The quantitative estimate of drug-likeness (QED) is 0.120. The van der Waals surface area contributed by atoms with Gasteiger partial charge in [0.25, 0.3) is 0 Å². The number of amides is 4. The van der Waals surface area contributed by atoms with Crippen LogP contribution in [0.3, 0.4) is 0 Å². The number of aliphatic carboxylic acids is 1. The molecule has 0 aliphatic rings. The van der Waals surface area contributed by atoms with Crippen LogP contribution >= 0.6 is 11.8 Å². The lowest BCUT2D eigenvalue weighted by molar-refractivity contribution is -0.143. The molecular weight excluding hydrogens is 422 g/mol. The molecule has 0 radical (unpaired) electrons. The molecule has 0 bridgehead atoms. The lowest BCUT2D eigenvalue weighted by Crippen LogP contribution is -2.58. The Kier molecular flexibility index (Phi) is 13.4. The summed E-state index contributed by atoms with van der Waals surface area (Å²) in [5.41, 5.74) is 10.6. The number of carboxylic acids is 1. The molecule has 0 saturated carbocycles. The summed E-state index contributed by atoms with van der Waals surface area (Å²) in [6.07, 6.45) is 1.68. The number of rotatable bonds is 15. The second-order valence-corrected chi connectivity index (χ2v) is 7.27. The van der Waals surface area contributed by atoms with Gasteiger partial charge in [0.1, 0.15) is 18.1 Å². The standard InChI is InChI=1S/C16H29N5O8S/c1-30-5-4-9(14(26)21-11(7-23)16(28)29)19-15(27)10(6-22)20-13(25)8(17)2-3-12(18)24/h8-11,22-23H,2-7,17H2,1H3,(H2,18,24)(H,19,27)(H,20,25)(H,21,26)(H,28,29). The van der Waals surface area contributed by atoms with Gasteiger partial charge < -0.3 is 42.7 Å². The zero-order valence-corrected chi connectivity index (χ0v) is 17.3. The summed E-state index contributed by atoms with van der Waals surface area (Å²) in [6, 6.07) is -5.30. The molecule has 4 amide bonds. The van der Waals surface area contributed by atoms with Crippen molar-refractivity contribution < 1.29 is 39.3 Å². The molecule has 0 aliphatic heterocycles. The number of hydrogen-bond donors (Lipinski definition) is 8. The summed E-state index contributed by atoms with van der Waals surface area (Å²) in [6.45, 7) is -1.64. The van der Waals surface area contributed by atoms with Gasteiger partial charge in [-0.05, 0) is 24.9 Å². The van der Waals surface area contributed by atoms with E-state index in [1.807, 2.05) is 0 Å². The summed E-state index contributed by atoms with van der Waals surface area (Å²) < 4.78 is 0. The second kappa shape index (κ2) is 14.5. The van der Waals surface area contributed by atoms with Crippen molar-refractivity contribution >= 4 is 41.4 Å². The molecule has 0 saturated heterocycles. The first kappa shape index (κ1) is 27.6. The van der Waals surface area contributed by atoms with Gasteiger partial charge in [-0.1, -0.05) is 0 Å². The van der Waals surface area contributed by atoms with E-state index in [2.05, 4.69) is 16.0 Å². The smallest absolute Gasteiger partial charge is 0.328 e. The van der Waals surface area contributed by atoms with E-state index in [1.54, 1.807) is 6.26 Å². The van der Waals surface area contributed by atoms with Gasteiger partial charge >= 0.3 is 5.97 Å². The predicted octanol–water partition coefficient (Wildman–Crippen LogP) is -4.14. The predicted molar refractivity (Wildman–Crippen MR) is 107 cm³/mol. The van der Waals surface area contributed by atoms with E-state index in [-0.39, 0.29) is 19.3 Å². The molecule has 14 heteroatoms. The fourth-order valence-corrected chi connectivity index (χ4v) is 2.61. The van der Waals surface area contributed by atoms with Gasteiger partial charge in [0.15, 0.2) is 0 Å².